The lowest BCUT2D eigenvalue weighted by atomic mass is 9.55. The number of aryl methyl sites for hydroxylation is 1. The maximum Gasteiger partial charge on any atom is -0.0118 e. The second-order valence-corrected chi connectivity index (χ2v) is 7.34. The Labute approximate surface area is 116 Å². The van der Waals surface area contributed by atoms with E-state index in [4.69, 9.17) is 0 Å². The molecule has 0 bridgehead atoms. The SMILES string of the molecule is C=C1CC[C@@]2(C)CC[C@@H]3c4ccccc4CC[C@H]3[C@H]12. The standard InChI is InChI=1S/C19H24/c1-13-9-11-19(2)12-10-16-15-6-4-3-5-14(15)7-8-17(16)18(13)19/h3-6,16-18H,1,7-12H2,2H3/t16-,17-,18+,19+/m1/s1. The van der Waals surface area contributed by atoms with Crippen molar-refractivity contribution in [2.75, 3.05) is 0 Å². The molecule has 19 heavy (non-hydrogen) atoms. The lowest BCUT2D eigenvalue weighted by Crippen LogP contribution is -2.40. The van der Waals surface area contributed by atoms with Crippen molar-refractivity contribution in [2.45, 2.75) is 51.4 Å². The van der Waals surface area contributed by atoms with Crippen LogP contribution in [0.5, 0.6) is 0 Å². The van der Waals surface area contributed by atoms with Crippen molar-refractivity contribution >= 4 is 0 Å². The summed E-state index contributed by atoms with van der Waals surface area (Å²) >= 11 is 0. The van der Waals surface area contributed by atoms with Crippen LogP contribution >= 0.6 is 0 Å². The van der Waals surface area contributed by atoms with Gasteiger partial charge in [0.2, 0.25) is 0 Å². The zero-order valence-electron chi connectivity index (χ0n) is 12.0. The zero-order valence-corrected chi connectivity index (χ0v) is 12.0. The van der Waals surface area contributed by atoms with E-state index in [9.17, 15) is 0 Å². The molecule has 1 aromatic rings. The number of allylic oxidation sites excluding steroid dienone is 1. The van der Waals surface area contributed by atoms with Gasteiger partial charge >= 0.3 is 0 Å². The van der Waals surface area contributed by atoms with Gasteiger partial charge in [-0.2, -0.15) is 0 Å². The van der Waals surface area contributed by atoms with Gasteiger partial charge in [-0.15, -0.1) is 0 Å². The van der Waals surface area contributed by atoms with Crippen LogP contribution in [0.3, 0.4) is 0 Å². The van der Waals surface area contributed by atoms with E-state index < -0.39 is 0 Å². The van der Waals surface area contributed by atoms with E-state index in [-0.39, 0.29) is 0 Å². The van der Waals surface area contributed by atoms with Crippen LogP contribution in [0.4, 0.5) is 0 Å². The third-order valence-electron chi connectivity index (χ3n) is 6.38. The van der Waals surface area contributed by atoms with Crippen molar-refractivity contribution in [1.82, 2.24) is 0 Å². The molecule has 3 aliphatic rings. The van der Waals surface area contributed by atoms with Crippen LogP contribution in [-0.4, -0.2) is 0 Å². The number of benzene rings is 1. The summed E-state index contributed by atoms with van der Waals surface area (Å²) in [5.41, 5.74) is 5.43. The molecule has 0 aliphatic heterocycles. The Morgan fingerprint density at radius 1 is 1.11 bits per heavy atom. The van der Waals surface area contributed by atoms with Crippen LogP contribution in [0.2, 0.25) is 0 Å². The first kappa shape index (κ1) is 11.8. The van der Waals surface area contributed by atoms with E-state index in [1.807, 2.05) is 0 Å². The molecule has 4 atom stereocenters. The summed E-state index contributed by atoms with van der Waals surface area (Å²) in [6, 6.07) is 9.19. The van der Waals surface area contributed by atoms with Crippen molar-refractivity contribution < 1.29 is 0 Å². The molecule has 3 aliphatic carbocycles. The van der Waals surface area contributed by atoms with Gasteiger partial charge < -0.3 is 0 Å². The summed E-state index contributed by atoms with van der Waals surface area (Å²) in [6.07, 6.45) is 8.17. The second kappa shape index (κ2) is 3.98. The third kappa shape index (κ3) is 1.58. The number of fused-ring (bicyclic) bond motifs is 5. The Bertz CT molecular complexity index is 527. The van der Waals surface area contributed by atoms with Crippen molar-refractivity contribution in [3.8, 4) is 0 Å². The van der Waals surface area contributed by atoms with Gasteiger partial charge in [0.05, 0.1) is 0 Å². The number of rotatable bonds is 0. The molecule has 0 radical (unpaired) electrons. The molecule has 0 aromatic heterocycles. The van der Waals surface area contributed by atoms with Gasteiger partial charge in [-0.25, -0.2) is 0 Å². The van der Waals surface area contributed by atoms with Crippen LogP contribution < -0.4 is 0 Å². The number of hydrogen-bond acceptors (Lipinski definition) is 0. The van der Waals surface area contributed by atoms with Gasteiger partial charge in [-0.1, -0.05) is 43.3 Å². The minimum Gasteiger partial charge on any atom is -0.0995 e. The second-order valence-electron chi connectivity index (χ2n) is 7.34. The Morgan fingerprint density at radius 2 is 1.95 bits per heavy atom. The van der Waals surface area contributed by atoms with Crippen LogP contribution in [-0.2, 0) is 6.42 Å². The quantitative estimate of drug-likeness (QED) is 0.564. The average Bonchev–Trinajstić information content (AvgIpc) is 2.74. The van der Waals surface area contributed by atoms with Gasteiger partial charge in [0.25, 0.3) is 0 Å². The molecule has 0 amide bonds. The van der Waals surface area contributed by atoms with E-state index in [0.717, 1.165) is 17.8 Å². The Balaban J connectivity index is 1.76. The minimum atomic E-state index is 0.574. The van der Waals surface area contributed by atoms with E-state index in [1.165, 1.54) is 38.5 Å². The summed E-state index contributed by atoms with van der Waals surface area (Å²) in [5.74, 6) is 2.50. The molecular formula is C19H24. The van der Waals surface area contributed by atoms with E-state index in [1.54, 1.807) is 16.7 Å². The predicted molar refractivity (Wildman–Crippen MR) is 80.2 cm³/mol. The molecule has 0 spiro atoms. The summed E-state index contributed by atoms with van der Waals surface area (Å²) in [7, 11) is 0. The highest BCUT2D eigenvalue weighted by molar-refractivity contribution is 5.36. The monoisotopic (exact) mass is 252 g/mol. The molecule has 0 unspecified atom stereocenters. The molecular weight excluding hydrogens is 228 g/mol. The molecule has 2 fully saturated rings. The lowest BCUT2D eigenvalue weighted by molar-refractivity contribution is 0.0779. The van der Waals surface area contributed by atoms with Gasteiger partial charge in [-0.05, 0) is 72.8 Å². The minimum absolute atomic E-state index is 0.574. The molecule has 0 N–H and O–H groups in total. The lowest BCUT2D eigenvalue weighted by Gasteiger charge is -2.49. The highest BCUT2D eigenvalue weighted by atomic mass is 14.6. The van der Waals surface area contributed by atoms with Crippen molar-refractivity contribution in [1.29, 1.82) is 0 Å². The fourth-order valence-corrected chi connectivity index (χ4v) is 5.48. The highest BCUT2D eigenvalue weighted by Gasteiger charge is 2.51. The van der Waals surface area contributed by atoms with Crippen LogP contribution in [0.15, 0.2) is 36.4 Å². The third-order valence-corrected chi connectivity index (χ3v) is 6.38. The van der Waals surface area contributed by atoms with Gasteiger partial charge in [0.15, 0.2) is 0 Å². The molecule has 0 heteroatoms. The molecule has 0 nitrogen and oxygen atoms in total. The van der Waals surface area contributed by atoms with Crippen LogP contribution in [0.1, 0.15) is 56.1 Å². The van der Waals surface area contributed by atoms with Crippen molar-refractivity contribution in [3.63, 3.8) is 0 Å². The average molecular weight is 252 g/mol. The Morgan fingerprint density at radius 3 is 2.84 bits per heavy atom. The topological polar surface area (TPSA) is 0 Å². The van der Waals surface area contributed by atoms with Crippen LogP contribution in [0.25, 0.3) is 0 Å². The van der Waals surface area contributed by atoms with E-state index in [0.29, 0.717) is 5.41 Å². The predicted octanol–water partition coefficient (Wildman–Crippen LogP) is 5.10. The summed E-state index contributed by atoms with van der Waals surface area (Å²) in [6.45, 7) is 6.97. The van der Waals surface area contributed by atoms with Gasteiger partial charge in [-0.3, -0.25) is 0 Å². The molecule has 0 heterocycles. The maximum atomic E-state index is 4.43. The molecule has 100 valence electrons. The maximum absolute atomic E-state index is 4.43. The normalized spacial score (nSPS) is 40.5. The van der Waals surface area contributed by atoms with Crippen molar-refractivity contribution in [3.05, 3.63) is 47.5 Å². The Hall–Kier alpha value is -1.04. The number of hydrogen-bond donors (Lipinski definition) is 0. The van der Waals surface area contributed by atoms with Gasteiger partial charge in [0.1, 0.15) is 0 Å². The first-order valence-electron chi connectivity index (χ1n) is 7.94. The first-order chi connectivity index (χ1) is 9.19. The molecule has 2 saturated carbocycles. The summed E-state index contributed by atoms with van der Waals surface area (Å²) in [5, 5.41) is 0. The Kier molecular flexibility index (Phi) is 2.46. The molecule has 0 saturated heterocycles. The van der Waals surface area contributed by atoms with Crippen LogP contribution in [0, 0.1) is 17.3 Å². The van der Waals surface area contributed by atoms with E-state index >= 15 is 0 Å². The zero-order chi connectivity index (χ0) is 13.0. The highest BCUT2D eigenvalue weighted by Crippen LogP contribution is 2.62. The smallest absolute Gasteiger partial charge is 0.0118 e. The van der Waals surface area contributed by atoms with Crippen molar-refractivity contribution in [2.24, 2.45) is 17.3 Å². The fraction of sp³-hybridized carbons (Fsp3) is 0.579. The van der Waals surface area contributed by atoms with Gasteiger partial charge in [0, 0.05) is 0 Å². The first-order valence-corrected chi connectivity index (χ1v) is 7.94. The molecule has 1 aromatic carbocycles. The summed E-state index contributed by atoms with van der Waals surface area (Å²) in [4.78, 5) is 0. The largest absolute Gasteiger partial charge is 0.0995 e. The summed E-state index contributed by atoms with van der Waals surface area (Å²) < 4.78 is 0. The molecule has 4 rings (SSSR count). The fourth-order valence-electron chi connectivity index (χ4n) is 5.48. The van der Waals surface area contributed by atoms with E-state index in [2.05, 4.69) is 37.8 Å².